The van der Waals surface area contributed by atoms with Gasteiger partial charge in [-0.25, -0.2) is 13.4 Å². The second-order valence-electron chi connectivity index (χ2n) is 7.26. The second kappa shape index (κ2) is 10.5. The third-order valence-corrected chi connectivity index (χ3v) is 7.60. The highest BCUT2D eigenvalue weighted by atomic mass is 35.5. The van der Waals surface area contributed by atoms with Crippen LogP contribution in [0.15, 0.2) is 47.4 Å². The van der Waals surface area contributed by atoms with Gasteiger partial charge in [0.25, 0.3) is 5.91 Å². The maximum atomic E-state index is 13.6. The van der Waals surface area contributed by atoms with Gasteiger partial charge in [0.2, 0.25) is 0 Å². The first-order valence-corrected chi connectivity index (χ1v) is 12.9. The molecule has 0 atom stereocenters. The molecule has 32 heavy (non-hydrogen) atoms. The highest BCUT2D eigenvalue weighted by molar-refractivity contribution is 7.90. The Morgan fingerprint density at radius 1 is 1.19 bits per heavy atom. The van der Waals surface area contributed by atoms with Gasteiger partial charge in [-0.2, -0.15) is 0 Å². The third-order valence-electron chi connectivity index (χ3n) is 5.09. The normalized spacial score (nSPS) is 14.8. The van der Waals surface area contributed by atoms with E-state index >= 15 is 0 Å². The van der Waals surface area contributed by atoms with Crippen molar-refractivity contribution in [3.8, 4) is 0 Å². The molecule has 2 aromatic carbocycles. The number of ether oxygens (including phenoxy) is 1. The molecule has 3 aromatic rings. The zero-order valence-electron chi connectivity index (χ0n) is 17.4. The average molecular weight is 516 g/mol. The largest absolute Gasteiger partial charge is 0.379 e. The van der Waals surface area contributed by atoms with Crippen molar-refractivity contribution in [3.63, 3.8) is 0 Å². The summed E-state index contributed by atoms with van der Waals surface area (Å²) in [4.78, 5) is 22.0. The van der Waals surface area contributed by atoms with E-state index in [1.165, 1.54) is 17.4 Å². The van der Waals surface area contributed by atoms with Crippen LogP contribution in [0.3, 0.4) is 0 Å². The molecule has 0 bridgehead atoms. The number of carbonyl (C=O) groups is 1. The van der Waals surface area contributed by atoms with Crippen LogP contribution in [-0.2, 0) is 14.6 Å². The van der Waals surface area contributed by atoms with Crippen LogP contribution >= 0.6 is 35.3 Å². The molecular weight excluding hydrogens is 493 g/mol. The van der Waals surface area contributed by atoms with Crippen LogP contribution in [0, 0.1) is 0 Å². The first-order chi connectivity index (χ1) is 14.8. The zero-order chi connectivity index (χ0) is 22.0. The maximum absolute atomic E-state index is 13.6. The van der Waals surface area contributed by atoms with E-state index in [4.69, 9.17) is 16.3 Å². The van der Waals surface area contributed by atoms with Crippen molar-refractivity contribution < 1.29 is 17.9 Å². The number of para-hydroxylation sites is 1. The number of rotatable bonds is 6. The number of aromatic nitrogens is 1. The minimum Gasteiger partial charge on any atom is -0.379 e. The number of sulfone groups is 1. The molecule has 1 aliphatic heterocycles. The Morgan fingerprint density at radius 2 is 1.91 bits per heavy atom. The molecule has 1 aromatic heterocycles. The van der Waals surface area contributed by atoms with Crippen molar-refractivity contribution in [3.05, 3.63) is 53.1 Å². The number of nitrogens with zero attached hydrogens (tertiary/aromatic N) is 3. The van der Waals surface area contributed by atoms with Gasteiger partial charge in [0.1, 0.15) is 5.52 Å². The molecule has 2 heterocycles. The van der Waals surface area contributed by atoms with Gasteiger partial charge < -0.3 is 4.74 Å². The monoisotopic (exact) mass is 515 g/mol. The molecule has 1 saturated heterocycles. The number of morpholine rings is 1. The van der Waals surface area contributed by atoms with E-state index in [2.05, 4.69) is 9.88 Å². The molecular formula is C21H23Cl2N3O4S2. The van der Waals surface area contributed by atoms with E-state index < -0.39 is 15.7 Å². The molecule has 172 valence electrons. The van der Waals surface area contributed by atoms with Crippen molar-refractivity contribution in [2.45, 2.75) is 4.90 Å². The van der Waals surface area contributed by atoms with Gasteiger partial charge in [-0.05, 0) is 24.3 Å². The quantitative estimate of drug-likeness (QED) is 0.497. The molecule has 0 saturated carbocycles. The molecule has 0 unspecified atom stereocenters. The minimum absolute atomic E-state index is 0. The number of thiazole rings is 1. The van der Waals surface area contributed by atoms with Crippen LogP contribution in [0.2, 0.25) is 5.02 Å². The first kappa shape index (κ1) is 24.9. The Hall–Kier alpha value is -1.75. The summed E-state index contributed by atoms with van der Waals surface area (Å²) < 4.78 is 30.8. The standard InChI is InChI=1S/C21H22ClN3O4S2.ClH/c1-31(27,28)18-8-3-2-5-15(18)20(26)25(10-9-24-11-13-29-14-12-24)21-23-19-16(22)6-4-7-17(19)30-21;/h2-8H,9-14H2,1H3;1H. The molecule has 0 N–H and O–H groups in total. The fourth-order valence-electron chi connectivity index (χ4n) is 3.48. The Balaban J connectivity index is 0.00000289. The summed E-state index contributed by atoms with van der Waals surface area (Å²) in [7, 11) is -3.57. The number of carbonyl (C=O) groups excluding carboxylic acids is 1. The number of benzene rings is 2. The zero-order valence-corrected chi connectivity index (χ0v) is 20.6. The van der Waals surface area contributed by atoms with Crippen molar-refractivity contribution in [2.75, 3.05) is 50.5 Å². The molecule has 1 amide bonds. The van der Waals surface area contributed by atoms with Gasteiger partial charge in [0.15, 0.2) is 15.0 Å². The number of fused-ring (bicyclic) bond motifs is 1. The van der Waals surface area contributed by atoms with Gasteiger partial charge in [-0.1, -0.05) is 41.1 Å². The predicted molar refractivity (Wildman–Crippen MR) is 130 cm³/mol. The van der Waals surface area contributed by atoms with Crippen LogP contribution in [-0.4, -0.2) is 69.9 Å². The first-order valence-electron chi connectivity index (χ1n) is 9.81. The summed E-state index contributed by atoms with van der Waals surface area (Å²) in [5.74, 6) is -0.399. The Bertz CT molecular complexity index is 1210. The number of hydrogen-bond acceptors (Lipinski definition) is 7. The van der Waals surface area contributed by atoms with Gasteiger partial charge >= 0.3 is 0 Å². The summed E-state index contributed by atoms with van der Waals surface area (Å²) in [5, 5.41) is 1.00. The lowest BCUT2D eigenvalue weighted by Crippen LogP contribution is -2.43. The van der Waals surface area contributed by atoms with Gasteiger partial charge in [-0.3, -0.25) is 14.6 Å². The van der Waals surface area contributed by atoms with E-state index in [0.29, 0.717) is 42.0 Å². The fraction of sp³-hybridized carbons (Fsp3) is 0.333. The molecule has 0 radical (unpaired) electrons. The van der Waals surface area contributed by atoms with Gasteiger partial charge in [0, 0.05) is 32.4 Å². The van der Waals surface area contributed by atoms with Crippen molar-refractivity contribution in [2.24, 2.45) is 0 Å². The number of anilines is 1. The molecule has 0 aliphatic carbocycles. The Morgan fingerprint density at radius 3 is 2.59 bits per heavy atom. The van der Waals surface area contributed by atoms with Crippen LogP contribution in [0.5, 0.6) is 0 Å². The SMILES string of the molecule is CS(=O)(=O)c1ccccc1C(=O)N(CCN1CCOCC1)c1nc2c(Cl)cccc2s1.Cl. The third kappa shape index (κ3) is 5.41. The van der Waals surface area contributed by atoms with E-state index in [1.54, 1.807) is 29.2 Å². The summed E-state index contributed by atoms with van der Waals surface area (Å²) in [6, 6.07) is 11.8. The minimum atomic E-state index is -3.57. The van der Waals surface area contributed by atoms with Gasteiger partial charge in [0.05, 0.1) is 33.4 Å². The summed E-state index contributed by atoms with van der Waals surface area (Å²) in [5.41, 5.74) is 0.766. The van der Waals surface area contributed by atoms with Crippen LogP contribution < -0.4 is 4.90 Å². The van der Waals surface area contributed by atoms with E-state index in [-0.39, 0.29) is 22.9 Å². The Kier molecular flexibility index (Phi) is 8.13. The van der Waals surface area contributed by atoms with E-state index in [9.17, 15) is 13.2 Å². The molecule has 0 spiro atoms. The van der Waals surface area contributed by atoms with Crippen LogP contribution in [0.4, 0.5) is 5.13 Å². The summed E-state index contributed by atoms with van der Waals surface area (Å²) in [6.45, 7) is 3.87. The highest BCUT2D eigenvalue weighted by Crippen LogP contribution is 2.34. The predicted octanol–water partition coefficient (Wildman–Crippen LogP) is 3.75. The van der Waals surface area contributed by atoms with Crippen molar-refractivity contribution in [1.29, 1.82) is 0 Å². The van der Waals surface area contributed by atoms with E-state index in [1.807, 2.05) is 12.1 Å². The lowest BCUT2D eigenvalue weighted by Gasteiger charge is -2.29. The van der Waals surface area contributed by atoms with Crippen LogP contribution in [0.1, 0.15) is 10.4 Å². The molecule has 11 heteroatoms. The molecule has 1 aliphatic rings. The summed E-state index contributed by atoms with van der Waals surface area (Å²) in [6.07, 6.45) is 1.11. The molecule has 1 fully saturated rings. The number of amides is 1. The second-order valence-corrected chi connectivity index (χ2v) is 10.7. The van der Waals surface area contributed by atoms with E-state index in [0.717, 1.165) is 24.0 Å². The van der Waals surface area contributed by atoms with Gasteiger partial charge in [-0.15, -0.1) is 12.4 Å². The lowest BCUT2D eigenvalue weighted by molar-refractivity contribution is 0.0391. The maximum Gasteiger partial charge on any atom is 0.261 e. The van der Waals surface area contributed by atoms with Crippen LogP contribution in [0.25, 0.3) is 10.2 Å². The number of halogens is 2. The average Bonchev–Trinajstić information content (AvgIpc) is 3.19. The van der Waals surface area contributed by atoms with Crippen molar-refractivity contribution in [1.82, 2.24) is 9.88 Å². The fourth-order valence-corrected chi connectivity index (χ4v) is 5.65. The van der Waals surface area contributed by atoms with Crippen molar-refractivity contribution >= 4 is 66.4 Å². The lowest BCUT2D eigenvalue weighted by atomic mass is 10.2. The molecule has 4 rings (SSSR count). The molecule has 7 nitrogen and oxygen atoms in total. The topological polar surface area (TPSA) is 79.8 Å². The summed E-state index contributed by atoms with van der Waals surface area (Å²) >= 11 is 7.65. The smallest absolute Gasteiger partial charge is 0.261 e. The Labute approximate surface area is 202 Å². The highest BCUT2D eigenvalue weighted by Gasteiger charge is 2.27. The number of hydrogen-bond donors (Lipinski definition) is 0.